The quantitative estimate of drug-likeness (QED) is 0.563. The number of aromatic nitrogens is 2. The first-order valence-electron chi connectivity index (χ1n) is 10.2. The third-order valence-corrected chi connectivity index (χ3v) is 5.87. The normalized spacial score (nSPS) is 15.5. The fourth-order valence-corrected chi connectivity index (χ4v) is 4.33. The highest BCUT2D eigenvalue weighted by Gasteiger charge is 2.31. The van der Waals surface area contributed by atoms with Gasteiger partial charge in [-0.3, -0.25) is 0 Å². The molecule has 4 rings (SSSR count). The number of hydrogen-bond donors (Lipinski definition) is 0. The van der Waals surface area contributed by atoms with Gasteiger partial charge < -0.3 is 9.30 Å². The number of fused-ring (bicyclic) bond motifs is 1. The zero-order valence-electron chi connectivity index (χ0n) is 16.8. The Kier molecular flexibility index (Phi) is 5.42. The number of hydrogen-bond acceptors (Lipinski definition) is 3. The average Bonchev–Trinajstić information content (AvgIpc) is 3.16. The van der Waals surface area contributed by atoms with Gasteiger partial charge in [0.05, 0.1) is 11.3 Å². The largest absolute Gasteiger partial charge is 0.416 e. The standard InChI is InChI=1S/C23H23F3N4/c1-2-4-19-15-28-22-20(14-27)21(9-12-30(19)22)29-10-7-16(8-11-29)17-5-3-6-18(13-17)23(24,25)26/h3,5-6,9,12-13,15-16H,2,4,7-8,10-11H2,1H3. The molecule has 0 saturated carbocycles. The van der Waals surface area contributed by atoms with Gasteiger partial charge in [-0.15, -0.1) is 0 Å². The van der Waals surface area contributed by atoms with E-state index < -0.39 is 11.7 Å². The maximum atomic E-state index is 13.0. The van der Waals surface area contributed by atoms with E-state index in [0.29, 0.717) is 24.3 Å². The molecule has 0 N–H and O–H groups in total. The minimum atomic E-state index is -4.32. The van der Waals surface area contributed by atoms with E-state index >= 15 is 0 Å². The molecule has 1 fully saturated rings. The van der Waals surface area contributed by atoms with E-state index in [1.165, 1.54) is 12.1 Å². The van der Waals surface area contributed by atoms with Crippen LogP contribution >= 0.6 is 0 Å². The van der Waals surface area contributed by atoms with Crippen LogP contribution in [0.2, 0.25) is 0 Å². The molecule has 156 valence electrons. The number of nitrogens with zero attached hydrogens (tertiary/aromatic N) is 4. The fourth-order valence-electron chi connectivity index (χ4n) is 4.33. The molecule has 1 aromatic carbocycles. The molecule has 0 bridgehead atoms. The molecule has 0 aliphatic carbocycles. The lowest BCUT2D eigenvalue weighted by Crippen LogP contribution is -2.33. The zero-order valence-corrected chi connectivity index (χ0v) is 16.8. The summed E-state index contributed by atoms with van der Waals surface area (Å²) < 4.78 is 41.1. The summed E-state index contributed by atoms with van der Waals surface area (Å²) in [6.07, 6.45) is 2.84. The van der Waals surface area contributed by atoms with Crippen molar-refractivity contribution in [2.24, 2.45) is 0 Å². The molecular weight excluding hydrogens is 389 g/mol. The Morgan fingerprint density at radius 2 is 1.97 bits per heavy atom. The summed E-state index contributed by atoms with van der Waals surface area (Å²) in [5, 5.41) is 9.79. The second-order valence-corrected chi connectivity index (χ2v) is 7.77. The number of rotatable bonds is 4. The van der Waals surface area contributed by atoms with Crippen molar-refractivity contribution in [3.63, 3.8) is 0 Å². The minimum Gasteiger partial charge on any atom is -0.370 e. The lowest BCUT2D eigenvalue weighted by atomic mass is 9.88. The van der Waals surface area contributed by atoms with Crippen LogP contribution in [0, 0.1) is 11.3 Å². The van der Waals surface area contributed by atoms with Gasteiger partial charge in [0, 0.05) is 31.2 Å². The molecule has 0 unspecified atom stereocenters. The molecule has 7 heteroatoms. The van der Waals surface area contributed by atoms with E-state index in [4.69, 9.17) is 0 Å². The fraction of sp³-hybridized carbons (Fsp3) is 0.391. The summed E-state index contributed by atoms with van der Waals surface area (Å²) in [5.41, 5.74) is 3.29. The summed E-state index contributed by atoms with van der Waals surface area (Å²) >= 11 is 0. The smallest absolute Gasteiger partial charge is 0.370 e. The number of alkyl halides is 3. The van der Waals surface area contributed by atoms with Gasteiger partial charge in [0.2, 0.25) is 0 Å². The molecule has 0 radical (unpaired) electrons. The van der Waals surface area contributed by atoms with Gasteiger partial charge >= 0.3 is 6.18 Å². The van der Waals surface area contributed by atoms with Crippen LogP contribution in [0.15, 0.2) is 42.7 Å². The van der Waals surface area contributed by atoms with Crippen molar-refractivity contribution in [2.75, 3.05) is 18.0 Å². The van der Waals surface area contributed by atoms with Crippen molar-refractivity contribution >= 4 is 11.3 Å². The van der Waals surface area contributed by atoms with Crippen molar-refractivity contribution in [3.8, 4) is 6.07 Å². The number of benzene rings is 1. The summed E-state index contributed by atoms with van der Waals surface area (Å²) in [5.74, 6) is 0.0837. The molecule has 0 amide bonds. The molecule has 3 heterocycles. The highest BCUT2D eigenvalue weighted by Crippen LogP contribution is 2.36. The van der Waals surface area contributed by atoms with Gasteiger partial charge in [0.15, 0.2) is 5.65 Å². The third-order valence-electron chi connectivity index (χ3n) is 5.87. The first-order chi connectivity index (χ1) is 14.4. The van der Waals surface area contributed by atoms with Crippen LogP contribution in [0.5, 0.6) is 0 Å². The van der Waals surface area contributed by atoms with Gasteiger partial charge in [0.25, 0.3) is 0 Å². The van der Waals surface area contributed by atoms with Gasteiger partial charge in [0.1, 0.15) is 11.6 Å². The second kappa shape index (κ2) is 8.02. The summed E-state index contributed by atoms with van der Waals surface area (Å²) in [7, 11) is 0. The number of imidazole rings is 1. The lowest BCUT2D eigenvalue weighted by molar-refractivity contribution is -0.137. The maximum Gasteiger partial charge on any atom is 0.416 e. The summed E-state index contributed by atoms with van der Waals surface area (Å²) in [6.45, 7) is 3.48. The number of aryl methyl sites for hydroxylation is 1. The molecular formula is C23H23F3N4. The molecule has 0 atom stereocenters. The summed E-state index contributed by atoms with van der Waals surface area (Å²) in [6, 6.07) is 9.91. The van der Waals surface area contributed by atoms with Crippen LogP contribution in [0.1, 0.15) is 54.5 Å². The number of nitriles is 1. The van der Waals surface area contributed by atoms with Gasteiger partial charge in [-0.05, 0) is 42.9 Å². The maximum absolute atomic E-state index is 13.0. The topological polar surface area (TPSA) is 44.3 Å². The Balaban J connectivity index is 1.55. The molecule has 4 nitrogen and oxygen atoms in total. The van der Waals surface area contributed by atoms with Crippen LogP contribution in [0.3, 0.4) is 0 Å². The Morgan fingerprint density at radius 1 is 1.20 bits per heavy atom. The average molecular weight is 412 g/mol. The Morgan fingerprint density at radius 3 is 2.63 bits per heavy atom. The Hall–Kier alpha value is -3.01. The minimum absolute atomic E-state index is 0.0837. The van der Waals surface area contributed by atoms with Crippen molar-refractivity contribution in [2.45, 2.75) is 44.7 Å². The summed E-state index contributed by atoms with van der Waals surface area (Å²) in [4.78, 5) is 6.62. The van der Waals surface area contributed by atoms with E-state index in [-0.39, 0.29) is 5.92 Å². The van der Waals surface area contributed by atoms with E-state index in [1.807, 2.05) is 22.9 Å². The SMILES string of the molecule is CCCc1cnc2c(C#N)c(N3CCC(c4cccc(C(F)(F)F)c4)CC3)ccn12. The molecule has 3 aromatic rings. The molecule has 2 aromatic heterocycles. The molecule has 1 aliphatic rings. The van der Waals surface area contributed by atoms with Crippen molar-refractivity contribution in [1.29, 1.82) is 5.26 Å². The Bertz CT molecular complexity index is 1090. The van der Waals surface area contributed by atoms with Gasteiger partial charge in [-0.25, -0.2) is 4.98 Å². The van der Waals surface area contributed by atoms with Crippen LogP contribution in [0.25, 0.3) is 5.65 Å². The predicted octanol–water partition coefficient (Wildman–Crippen LogP) is 5.56. The number of pyridine rings is 1. The molecule has 0 spiro atoms. The lowest BCUT2D eigenvalue weighted by Gasteiger charge is -2.34. The molecule has 1 aliphatic heterocycles. The van der Waals surface area contributed by atoms with E-state index in [1.54, 1.807) is 6.07 Å². The Labute approximate surface area is 173 Å². The van der Waals surface area contributed by atoms with Gasteiger partial charge in [-0.1, -0.05) is 31.5 Å². The monoisotopic (exact) mass is 412 g/mol. The second-order valence-electron chi connectivity index (χ2n) is 7.77. The highest BCUT2D eigenvalue weighted by molar-refractivity contribution is 5.71. The van der Waals surface area contributed by atoms with Crippen molar-refractivity contribution < 1.29 is 13.2 Å². The van der Waals surface area contributed by atoms with E-state index in [0.717, 1.165) is 48.7 Å². The van der Waals surface area contributed by atoms with E-state index in [9.17, 15) is 18.4 Å². The molecule has 1 saturated heterocycles. The van der Waals surface area contributed by atoms with Crippen LogP contribution in [-0.4, -0.2) is 22.5 Å². The van der Waals surface area contributed by atoms with Gasteiger partial charge in [-0.2, -0.15) is 18.4 Å². The highest BCUT2D eigenvalue weighted by atomic mass is 19.4. The number of piperidine rings is 1. The first-order valence-corrected chi connectivity index (χ1v) is 10.2. The van der Waals surface area contributed by atoms with Crippen LogP contribution in [0.4, 0.5) is 18.9 Å². The van der Waals surface area contributed by atoms with Crippen LogP contribution in [-0.2, 0) is 12.6 Å². The molecule has 30 heavy (non-hydrogen) atoms. The van der Waals surface area contributed by atoms with E-state index in [2.05, 4.69) is 22.9 Å². The third kappa shape index (κ3) is 3.74. The zero-order chi connectivity index (χ0) is 21.3. The van der Waals surface area contributed by atoms with Crippen molar-refractivity contribution in [3.05, 3.63) is 65.1 Å². The van der Waals surface area contributed by atoms with Crippen LogP contribution < -0.4 is 4.90 Å². The predicted molar refractivity (Wildman–Crippen MR) is 110 cm³/mol. The van der Waals surface area contributed by atoms with Crippen molar-refractivity contribution in [1.82, 2.24) is 9.38 Å². The number of halogens is 3. The first kappa shape index (κ1) is 20.3. The number of anilines is 1.